The molecule has 0 fully saturated rings. The summed E-state index contributed by atoms with van der Waals surface area (Å²) < 4.78 is 5.40. The number of nitrogens with one attached hydrogen (secondary N) is 1. The molecule has 3 rings (SSSR count). The highest BCUT2D eigenvalue weighted by molar-refractivity contribution is 6.31. The summed E-state index contributed by atoms with van der Waals surface area (Å²) in [5.41, 5.74) is 1.17. The van der Waals surface area contributed by atoms with Crippen molar-refractivity contribution in [2.24, 2.45) is 0 Å². The standard InChI is InChI=1S/C17H14ClN3O2/c18-12-3-4-14-13(9-12)11(10-19)8-17(20-14)21-15(5-6-22)16-2-1-7-23-16/h1-4,7-9,15,22H,5-6H2,(H,20,21). The Kier molecular flexibility index (Phi) is 4.47. The van der Waals surface area contributed by atoms with Gasteiger partial charge in [-0.2, -0.15) is 5.26 Å². The molecule has 0 bridgehead atoms. The van der Waals surface area contributed by atoms with E-state index in [0.29, 0.717) is 39.5 Å². The van der Waals surface area contributed by atoms with Crippen LogP contribution < -0.4 is 5.32 Å². The molecule has 2 aromatic heterocycles. The van der Waals surface area contributed by atoms with Gasteiger partial charge in [-0.1, -0.05) is 11.6 Å². The van der Waals surface area contributed by atoms with Gasteiger partial charge in [0.05, 0.1) is 29.5 Å². The Morgan fingerprint density at radius 2 is 2.22 bits per heavy atom. The van der Waals surface area contributed by atoms with Crippen molar-refractivity contribution < 1.29 is 9.52 Å². The number of aliphatic hydroxyl groups excluding tert-OH is 1. The molecule has 6 heteroatoms. The van der Waals surface area contributed by atoms with Gasteiger partial charge in [0.25, 0.3) is 0 Å². The maximum atomic E-state index is 9.37. The third-order valence-electron chi connectivity index (χ3n) is 3.52. The first kappa shape index (κ1) is 15.3. The van der Waals surface area contributed by atoms with E-state index in [0.717, 1.165) is 0 Å². The van der Waals surface area contributed by atoms with E-state index in [4.69, 9.17) is 16.0 Å². The zero-order chi connectivity index (χ0) is 16.2. The lowest BCUT2D eigenvalue weighted by Gasteiger charge is -2.17. The van der Waals surface area contributed by atoms with E-state index in [1.165, 1.54) is 0 Å². The average molecular weight is 328 g/mol. The monoisotopic (exact) mass is 327 g/mol. The summed E-state index contributed by atoms with van der Waals surface area (Å²) in [5, 5.41) is 23.1. The molecule has 0 aliphatic rings. The highest BCUT2D eigenvalue weighted by Gasteiger charge is 2.15. The SMILES string of the molecule is N#Cc1cc(NC(CCO)c2ccco2)nc2ccc(Cl)cc12. The second-order valence-electron chi connectivity index (χ2n) is 5.05. The van der Waals surface area contributed by atoms with Crippen LogP contribution in [0.4, 0.5) is 5.82 Å². The van der Waals surface area contributed by atoms with Crippen LogP contribution in [0.2, 0.25) is 5.02 Å². The molecule has 1 atom stereocenters. The summed E-state index contributed by atoms with van der Waals surface area (Å²) in [6.45, 7) is 0.00661. The number of rotatable bonds is 5. The van der Waals surface area contributed by atoms with Gasteiger partial charge in [-0.3, -0.25) is 0 Å². The molecular formula is C17H14ClN3O2. The first-order valence-corrected chi connectivity index (χ1v) is 7.50. The van der Waals surface area contributed by atoms with Gasteiger partial charge in [0.2, 0.25) is 0 Å². The molecule has 2 N–H and O–H groups in total. The Hall–Kier alpha value is -2.55. The molecule has 1 unspecified atom stereocenters. The second-order valence-corrected chi connectivity index (χ2v) is 5.49. The van der Waals surface area contributed by atoms with Gasteiger partial charge in [-0.25, -0.2) is 4.98 Å². The Balaban J connectivity index is 1.99. The number of nitrogens with zero attached hydrogens (tertiary/aromatic N) is 2. The predicted molar refractivity (Wildman–Crippen MR) is 88.2 cm³/mol. The van der Waals surface area contributed by atoms with Gasteiger partial charge in [-0.15, -0.1) is 0 Å². The van der Waals surface area contributed by atoms with E-state index in [2.05, 4.69) is 16.4 Å². The highest BCUT2D eigenvalue weighted by atomic mass is 35.5. The van der Waals surface area contributed by atoms with E-state index >= 15 is 0 Å². The molecule has 0 spiro atoms. The van der Waals surface area contributed by atoms with Gasteiger partial charge < -0.3 is 14.8 Å². The molecule has 0 saturated carbocycles. The van der Waals surface area contributed by atoms with Crippen molar-refractivity contribution in [1.82, 2.24) is 4.98 Å². The number of nitriles is 1. The van der Waals surface area contributed by atoms with E-state index in [9.17, 15) is 10.4 Å². The lowest BCUT2D eigenvalue weighted by atomic mass is 10.1. The number of benzene rings is 1. The van der Waals surface area contributed by atoms with Gasteiger partial charge >= 0.3 is 0 Å². The van der Waals surface area contributed by atoms with Gasteiger partial charge in [0.15, 0.2) is 0 Å². The molecule has 1 aromatic carbocycles. The van der Waals surface area contributed by atoms with Crippen LogP contribution in [0.1, 0.15) is 23.8 Å². The van der Waals surface area contributed by atoms with Crippen LogP contribution in [0.5, 0.6) is 0 Å². The summed E-state index contributed by atoms with van der Waals surface area (Å²) >= 11 is 5.99. The molecule has 0 amide bonds. The minimum Gasteiger partial charge on any atom is -0.467 e. The molecule has 23 heavy (non-hydrogen) atoms. The van der Waals surface area contributed by atoms with Crippen LogP contribution in [0, 0.1) is 11.3 Å². The molecule has 0 radical (unpaired) electrons. The van der Waals surface area contributed by atoms with Gasteiger partial charge in [-0.05, 0) is 42.8 Å². The number of furan rings is 1. The Bertz CT molecular complexity index is 856. The van der Waals surface area contributed by atoms with Crippen LogP contribution in [-0.4, -0.2) is 16.7 Å². The normalized spacial score (nSPS) is 12.0. The van der Waals surface area contributed by atoms with Crippen molar-refractivity contribution in [3.8, 4) is 6.07 Å². The average Bonchev–Trinajstić information content (AvgIpc) is 3.08. The summed E-state index contributed by atoms with van der Waals surface area (Å²) in [6.07, 6.45) is 2.05. The minimum atomic E-state index is -0.223. The fourth-order valence-corrected chi connectivity index (χ4v) is 2.62. The number of halogens is 1. The predicted octanol–water partition coefficient (Wildman–Crippen LogP) is 3.89. The van der Waals surface area contributed by atoms with E-state index in [-0.39, 0.29) is 12.6 Å². The lowest BCUT2D eigenvalue weighted by molar-refractivity contribution is 0.273. The molecule has 3 aromatic rings. The number of fused-ring (bicyclic) bond motifs is 1. The molecule has 0 aliphatic heterocycles. The molecule has 2 heterocycles. The molecule has 116 valence electrons. The first-order valence-electron chi connectivity index (χ1n) is 7.12. The molecule has 5 nitrogen and oxygen atoms in total. The summed E-state index contributed by atoms with van der Waals surface area (Å²) in [5.74, 6) is 1.25. The fourth-order valence-electron chi connectivity index (χ4n) is 2.45. The summed E-state index contributed by atoms with van der Waals surface area (Å²) in [4.78, 5) is 4.51. The van der Waals surface area contributed by atoms with Crippen molar-refractivity contribution >= 4 is 28.3 Å². The summed E-state index contributed by atoms with van der Waals surface area (Å²) in [7, 11) is 0. The van der Waals surface area contributed by atoms with Gasteiger partial charge in [0.1, 0.15) is 11.6 Å². The largest absolute Gasteiger partial charge is 0.467 e. The second kappa shape index (κ2) is 6.69. The van der Waals surface area contributed by atoms with Crippen LogP contribution in [0.15, 0.2) is 47.1 Å². The number of aromatic nitrogens is 1. The first-order chi connectivity index (χ1) is 11.2. The lowest BCUT2D eigenvalue weighted by Crippen LogP contribution is -2.13. The third kappa shape index (κ3) is 3.29. The maximum absolute atomic E-state index is 9.37. The smallest absolute Gasteiger partial charge is 0.128 e. The molecule has 0 saturated heterocycles. The summed E-state index contributed by atoms with van der Waals surface area (Å²) in [6, 6.07) is 12.5. The number of pyridine rings is 1. The van der Waals surface area contributed by atoms with Crippen molar-refractivity contribution in [2.75, 3.05) is 11.9 Å². The number of aliphatic hydroxyl groups is 1. The third-order valence-corrected chi connectivity index (χ3v) is 3.75. The van der Waals surface area contributed by atoms with Crippen LogP contribution >= 0.6 is 11.6 Å². The van der Waals surface area contributed by atoms with Crippen LogP contribution in [0.3, 0.4) is 0 Å². The van der Waals surface area contributed by atoms with Crippen molar-refractivity contribution in [3.63, 3.8) is 0 Å². The Morgan fingerprint density at radius 1 is 1.35 bits per heavy atom. The zero-order valence-electron chi connectivity index (χ0n) is 12.2. The minimum absolute atomic E-state index is 0.00661. The van der Waals surface area contributed by atoms with Crippen LogP contribution in [0.25, 0.3) is 10.9 Å². The Labute approximate surface area is 138 Å². The number of anilines is 1. The van der Waals surface area contributed by atoms with Crippen molar-refractivity contribution in [3.05, 3.63) is 59.0 Å². The van der Waals surface area contributed by atoms with E-state index in [1.807, 2.05) is 6.07 Å². The van der Waals surface area contributed by atoms with Gasteiger partial charge in [0, 0.05) is 17.0 Å². The van der Waals surface area contributed by atoms with Crippen molar-refractivity contribution in [2.45, 2.75) is 12.5 Å². The molecule has 0 aliphatic carbocycles. The number of hydrogen-bond donors (Lipinski definition) is 2. The van der Waals surface area contributed by atoms with E-state index in [1.54, 1.807) is 36.6 Å². The molecular weight excluding hydrogens is 314 g/mol. The quantitative estimate of drug-likeness (QED) is 0.743. The highest BCUT2D eigenvalue weighted by Crippen LogP contribution is 2.27. The van der Waals surface area contributed by atoms with E-state index < -0.39 is 0 Å². The fraction of sp³-hybridized carbons (Fsp3) is 0.176. The van der Waals surface area contributed by atoms with Crippen LogP contribution in [-0.2, 0) is 0 Å². The number of hydrogen-bond acceptors (Lipinski definition) is 5. The topological polar surface area (TPSA) is 82.1 Å². The zero-order valence-corrected chi connectivity index (χ0v) is 12.9. The maximum Gasteiger partial charge on any atom is 0.128 e. The Morgan fingerprint density at radius 3 is 2.91 bits per heavy atom. The van der Waals surface area contributed by atoms with Crippen molar-refractivity contribution in [1.29, 1.82) is 5.26 Å².